The molecule has 0 saturated heterocycles. The van der Waals surface area contributed by atoms with Gasteiger partial charge in [-0.15, -0.1) is 0 Å². The van der Waals surface area contributed by atoms with Crippen molar-refractivity contribution in [1.29, 1.82) is 0 Å². The molecule has 0 aromatic heterocycles. The quantitative estimate of drug-likeness (QED) is 0.668. The van der Waals surface area contributed by atoms with Gasteiger partial charge in [-0.2, -0.15) is 0 Å². The third kappa shape index (κ3) is 5.31. The highest BCUT2D eigenvalue weighted by Gasteiger charge is 2.12. The second-order valence-electron chi connectivity index (χ2n) is 6.47. The van der Waals surface area contributed by atoms with Gasteiger partial charge in [0.25, 0.3) is 0 Å². The van der Waals surface area contributed by atoms with Gasteiger partial charge in [0.2, 0.25) is 0 Å². The van der Waals surface area contributed by atoms with E-state index in [0.29, 0.717) is 5.92 Å². The molecule has 0 heterocycles. The van der Waals surface area contributed by atoms with Crippen LogP contribution in [0.2, 0.25) is 0 Å². The molecule has 1 nitrogen and oxygen atoms in total. The molecule has 2 aromatic rings. The predicted octanol–water partition coefficient (Wildman–Crippen LogP) is 4.92. The van der Waals surface area contributed by atoms with Crippen LogP contribution in [0.15, 0.2) is 54.6 Å². The average molecular weight is 295 g/mol. The van der Waals surface area contributed by atoms with Crippen LogP contribution in [0, 0.1) is 0 Å². The van der Waals surface area contributed by atoms with Crippen LogP contribution in [0.5, 0.6) is 0 Å². The lowest BCUT2D eigenvalue weighted by Gasteiger charge is -2.20. The molecule has 118 valence electrons. The highest BCUT2D eigenvalue weighted by atomic mass is 15.0. The molecule has 0 aliphatic carbocycles. The molecule has 22 heavy (non-hydrogen) atoms. The van der Waals surface area contributed by atoms with Crippen LogP contribution >= 0.6 is 0 Å². The smallest absolute Gasteiger partial charge is 0.00189 e. The summed E-state index contributed by atoms with van der Waals surface area (Å²) in [6.07, 6.45) is 4.73. The lowest BCUT2D eigenvalue weighted by Crippen LogP contribution is -2.17. The van der Waals surface area contributed by atoms with E-state index < -0.39 is 0 Å². The van der Waals surface area contributed by atoms with Crippen LogP contribution in [-0.2, 0) is 12.8 Å². The molecule has 0 radical (unpaired) electrons. The molecule has 0 aliphatic heterocycles. The second kappa shape index (κ2) is 8.75. The van der Waals surface area contributed by atoms with E-state index in [2.05, 4.69) is 80.5 Å². The summed E-state index contributed by atoms with van der Waals surface area (Å²) in [6.45, 7) is 3.37. The summed E-state index contributed by atoms with van der Waals surface area (Å²) in [7, 11) is 4.31. The van der Waals surface area contributed by atoms with Crippen molar-refractivity contribution in [3.8, 4) is 0 Å². The molecule has 0 spiro atoms. The minimum absolute atomic E-state index is 0.598. The average Bonchev–Trinajstić information content (AvgIpc) is 2.54. The number of rotatable bonds is 8. The van der Waals surface area contributed by atoms with Crippen molar-refractivity contribution in [2.24, 2.45) is 0 Å². The zero-order chi connectivity index (χ0) is 15.8. The Labute approximate surface area is 136 Å². The van der Waals surface area contributed by atoms with Crippen molar-refractivity contribution in [3.63, 3.8) is 0 Å². The van der Waals surface area contributed by atoms with Gasteiger partial charge in [0.15, 0.2) is 0 Å². The Bertz CT molecular complexity index is 528. The number of benzene rings is 2. The van der Waals surface area contributed by atoms with Crippen LogP contribution in [0.3, 0.4) is 0 Å². The molecule has 0 fully saturated rings. The van der Waals surface area contributed by atoms with E-state index in [0.717, 1.165) is 13.0 Å². The van der Waals surface area contributed by atoms with Crippen molar-refractivity contribution in [3.05, 3.63) is 71.3 Å². The summed E-state index contributed by atoms with van der Waals surface area (Å²) in [5, 5.41) is 0. The van der Waals surface area contributed by atoms with Gasteiger partial charge in [-0.05, 0) is 62.5 Å². The second-order valence-corrected chi connectivity index (χ2v) is 6.47. The summed E-state index contributed by atoms with van der Waals surface area (Å²) < 4.78 is 0. The molecular formula is C21H29N. The molecule has 1 heteroatoms. The molecule has 0 saturated carbocycles. The van der Waals surface area contributed by atoms with E-state index in [9.17, 15) is 0 Å². The van der Waals surface area contributed by atoms with Crippen molar-refractivity contribution in [1.82, 2.24) is 4.90 Å². The number of hydrogen-bond donors (Lipinski definition) is 0. The van der Waals surface area contributed by atoms with E-state index in [-0.39, 0.29) is 0 Å². The first-order valence-electron chi connectivity index (χ1n) is 8.46. The Morgan fingerprint density at radius 1 is 0.864 bits per heavy atom. The van der Waals surface area contributed by atoms with Crippen LogP contribution in [0.25, 0.3) is 0 Å². The van der Waals surface area contributed by atoms with Gasteiger partial charge in [-0.25, -0.2) is 0 Å². The lowest BCUT2D eigenvalue weighted by molar-refractivity contribution is 0.380. The van der Waals surface area contributed by atoms with Crippen LogP contribution in [0.1, 0.15) is 42.4 Å². The first kappa shape index (κ1) is 16.8. The third-order valence-corrected chi connectivity index (χ3v) is 4.24. The maximum absolute atomic E-state index is 2.32. The van der Waals surface area contributed by atoms with Crippen molar-refractivity contribution in [2.75, 3.05) is 20.6 Å². The number of aryl methyl sites for hydroxylation is 1. The summed E-state index contributed by atoms with van der Waals surface area (Å²) in [5.74, 6) is 0.598. The maximum Gasteiger partial charge on any atom is -0.00189 e. The van der Waals surface area contributed by atoms with Gasteiger partial charge in [0.05, 0.1) is 0 Å². The van der Waals surface area contributed by atoms with E-state index in [1.165, 1.54) is 36.0 Å². The van der Waals surface area contributed by atoms with Gasteiger partial charge < -0.3 is 4.90 Å². The molecule has 0 aliphatic rings. The van der Waals surface area contributed by atoms with Crippen LogP contribution in [0.4, 0.5) is 0 Å². The first-order valence-corrected chi connectivity index (χ1v) is 8.46. The van der Waals surface area contributed by atoms with Crippen LogP contribution < -0.4 is 0 Å². The standard InChI is InChI=1S/C21H29N/c1-4-8-18-11-13-19(14-12-18)17-21(15-16-22(2)3)20-9-6-5-7-10-20/h5-7,9-14,21H,4,8,15-17H2,1-3H3. The van der Waals surface area contributed by atoms with Crippen LogP contribution in [-0.4, -0.2) is 25.5 Å². The van der Waals surface area contributed by atoms with E-state index in [1.807, 2.05) is 0 Å². The predicted molar refractivity (Wildman–Crippen MR) is 96.5 cm³/mol. The Morgan fingerprint density at radius 3 is 2.09 bits per heavy atom. The summed E-state index contributed by atoms with van der Waals surface area (Å²) in [5.41, 5.74) is 4.37. The largest absolute Gasteiger partial charge is 0.309 e. The SMILES string of the molecule is CCCc1ccc(CC(CCN(C)C)c2ccccc2)cc1. The van der Waals surface area contributed by atoms with Gasteiger partial charge in [0.1, 0.15) is 0 Å². The van der Waals surface area contributed by atoms with Crippen molar-refractivity contribution >= 4 is 0 Å². The topological polar surface area (TPSA) is 3.24 Å². The normalized spacial score (nSPS) is 12.5. The fourth-order valence-electron chi connectivity index (χ4n) is 2.94. The Morgan fingerprint density at radius 2 is 1.50 bits per heavy atom. The van der Waals surface area contributed by atoms with Gasteiger partial charge >= 0.3 is 0 Å². The van der Waals surface area contributed by atoms with E-state index >= 15 is 0 Å². The van der Waals surface area contributed by atoms with Crippen molar-refractivity contribution < 1.29 is 0 Å². The Balaban J connectivity index is 2.08. The molecular weight excluding hydrogens is 266 g/mol. The fourth-order valence-corrected chi connectivity index (χ4v) is 2.94. The summed E-state index contributed by atoms with van der Waals surface area (Å²) in [4.78, 5) is 2.28. The van der Waals surface area contributed by atoms with Crippen molar-refractivity contribution in [2.45, 2.75) is 38.5 Å². The maximum atomic E-state index is 2.32. The molecule has 0 N–H and O–H groups in total. The van der Waals surface area contributed by atoms with E-state index in [4.69, 9.17) is 0 Å². The monoisotopic (exact) mass is 295 g/mol. The minimum Gasteiger partial charge on any atom is -0.309 e. The molecule has 2 aromatic carbocycles. The van der Waals surface area contributed by atoms with Gasteiger partial charge in [0, 0.05) is 0 Å². The molecule has 1 atom stereocenters. The zero-order valence-corrected chi connectivity index (χ0v) is 14.3. The zero-order valence-electron chi connectivity index (χ0n) is 14.3. The van der Waals surface area contributed by atoms with Gasteiger partial charge in [-0.1, -0.05) is 67.9 Å². The minimum atomic E-state index is 0.598. The molecule has 1 unspecified atom stereocenters. The highest BCUT2D eigenvalue weighted by Crippen LogP contribution is 2.25. The van der Waals surface area contributed by atoms with E-state index in [1.54, 1.807) is 0 Å². The Hall–Kier alpha value is -1.60. The molecule has 0 bridgehead atoms. The number of hydrogen-bond acceptors (Lipinski definition) is 1. The summed E-state index contributed by atoms with van der Waals surface area (Å²) in [6, 6.07) is 20.2. The lowest BCUT2D eigenvalue weighted by atomic mass is 9.89. The third-order valence-electron chi connectivity index (χ3n) is 4.24. The molecule has 2 rings (SSSR count). The molecule has 0 amide bonds. The first-order chi connectivity index (χ1) is 10.7. The summed E-state index contributed by atoms with van der Waals surface area (Å²) >= 11 is 0. The Kier molecular flexibility index (Phi) is 6.67. The fraction of sp³-hybridized carbons (Fsp3) is 0.429. The highest BCUT2D eigenvalue weighted by molar-refractivity contribution is 5.27. The van der Waals surface area contributed by atoms with Gasteiger partial charge in [-0.3, -0.25) is 0 Å². The number of nitrogens with zero attached hydrogens (tertiary/aromatic N) is 1.